The number of hydrogen-bond acceptors (Lipinski definition) is 3. The summed E-state index contributed by atoms with van der Waals surface area (Å²) in [7, 11) is -1.94. The first-order chi connectivity index (χ1) is 19.9. The van der Waals surface area contributed by atoms with Gasteiger partial charge in [0.2, 0.25) is 0 Å². The summed E-state index contributed by atoms with van der Waals surface area (Å²) >= 11 is 0. The van der Waals surface area contributed by atoms with Crippen molar-refractivity contribution in [3.8, 4) is 17.2 Å². The Bertz CT molecular complexity index is 1260. The van der Waals surface area contributed by atoms with Crippen LogP contribution in [-0.4, -0.2) is 16.1 Å². The van der Waals surface area contributed by atoms with Crippen molar-refractivity contribution >= 4 is 26.9 Å². The summed E-state index contributed by atoms with van der Waals surface area (Å²) in [5.41, 5.74) is 4.76. The second-order valence-electron chi connectivity index (χ2n) is 11.5. The van der Waals surface area contributed by atoms with Gasteiger partial charge >= 0.3 is 21.7 Å². The van der Waals surface area contributed by atoms with Gasteiger partial charge in [-0.05, 0) is 0 Å². The molecule has 5 rings (SSSR count). The molecule has 0 aromatic heterocycles. The first-order valence-corrected chi connectivity index (χ1v) is 21.1. The normalized spacial score (nSPS) is 10.5. The molecule has 0 unspecified atom stereocenters. The number of allylic oxidation sites excluding steroid dienone is 2. The SMILES string of the molecule is C[Si](C)(C)C=CC=C[Si](C)(C)C.[O-]c1ccccc1.[O-]c1ccccc1.[O-]c1ccccc1.[Ti+4].c1ccc2[cH-]ccc2c1. The maximum Gasteiger partial charge on any atom is 4.00 e. The van der Waals surface area contributed by atoms with Crippen LogP contribution in [0.2, 0.25) is 39.3 Å². The molecule has 6 heteroatoms. The van der Waals surface area contributed by atoms with Gasteiger partial charge in [0, 0.05) is 0 Å². The van der Waals surface area contributed by atoms with Gasteiger partial charge in [0.1, 0.15) is 0 Å². The third kappa shape index (κ3) is 23.7. The molecule has 0 atom stereocenters. The number of hydrogen-bond donors (Lipinski definition) is 0. The maximum atomic E-state index is 10.3. The molecule has 5 aromatic carbocycles. The molecular formula is C37H44O3Si2Ti. The van der Waals surface area contributed by atoms with Crippen molar-refractivity contribution in [2.24, 2.45) is 0 Å². The van der Waals surface area contributed by atoms with E-state index in [9.17, 15) is 15.3 Å². The summed E-state index contributed by atoms with van der Waals surface area (Å²) < 4.78 is 0. The van der Waals surface area contributed by atoms with E-state index in [1.54, 1.807) is 36.4 Å². The minimum absolute atomic E-state index is 0. The fraction of sp³-hybridized carbons (Fsp3) is 0.162. The van der Waals surface area contributed by atoms with Gasteiger partial charge in [-0.15, -0.1) is 46.9 Å². The Morgan fingerprint density at radius 1 is 0.465 bits per heavy atom. The van der Waals surface area contributed by atoms with E-state index in [4.69, 9.17) is 0 Å². The Labute approximate surface area is 276 Å². The summed E-state index contributed by atoms with van der Waals surface area (Å²) in [5, 5.41) is 33.5. The van der Waals surface area contributed by atoms with Crippen molar-refractivity contribution in [3.63, 3.8) is 0 Å². The molecule has 0 saturated carbocycles. The first-order valence-electron chi connectivity index (χ1n) is 14.0. The average molecular weight is 641 g/mol. The van der Waals surface area contributed by atoms with Crippen molar-refractivity contribution in [1.82, 2.24) is 0 Å². The van der Waals surface area contributed by atoms with Crippen LogP contribution in [0.5, 0.6) is 17.2 Å². The molecule has 222 valence electrons. The fourth-order valence-electron chi connectivity index (χ4n) is 3.02. The second-order valence-corrected chi connectivity index (χ2v) is 21.7. The number of para-hydroxylation sites is 3. The van der Waals surface area contributed by atoms with E-state index in [0.29, 0.717) is 0 Å². The van der Waals surface area contributed by atoms with E-state index in [0.717, 1.165) is 0 Å². The van der Waals surface area contributed by atoms with Gasteiger partial charge < -0.3 is 15.3 Å². The van der Waals surface area contributed by atoms with E-state index in [-0.39, 0.29) is 39.0 Å². The predicted octanol–water partition coefficient (Wildman–Crippen LogP) is 8.69. The Morgan fingerprint density at radius 2 is 0.791 bits per heavy atom. The molecule has 0 saturated heterocycles. The number of benzene rings is 4. The molecule has 0 heterocycles. The van der Waals surface area contributed by atoms with Crippen LogP contribution in [0.15, 0.2) is 157 Å². The molecular weight excluding hydrogens is 596 g/mol. The van der Waals surface area contributed by atoms with Crippen LogP contribution >= 0.6 is 0 Å². The Balaban J connectivity index is 0.000000518. The van der Waals surface area contributed by atoms with Crippen LogP contribution in [0, 0.1) is 0 Å². The Morgan fingerprint density at radius 3 is 1.07 bits per heavy atom. The van der Waals surface area contributed by atoms with Crippen LogP contribution in [-0.2, 0) is 21.7 Å². The zero-order chi connectivity index (χ0) is 31.3. The quantitative estimate of drug-likeness (QED) is 0.113. The van der Waals surface area contributed by atoms with Crippen molar-refractivity contribution in [1.29, 1.82) is 0 Å². The van der Waals surface area contributed by atoms with E-state index >= 15 is 0 Å². The van der Waals surface area contributed by atoms with Gasteiger partial charge in [-0.3, -0.25) is 0 Å². The molecule has 0 radical (unpaired) electrons. The van der Waals surface area contributed by atoms with Gasteiger partial charge in [-0.1, -0.05) is 160 Å². The van der Waals surface area contributed by atoms with Crippen LogP contribution in [0.1, 0.15) is 0 Å². The molecule has 43 heavy (non-hydrogen) atoms. The molecule has 0 spiro atoms. The monoisotopic (exact) mass is 640 g/mol. The molecule has 5 aromatic rings. The summed E-state index contributed by atoms with van der Waals surface area (Å²) in [5.74, 6) is 0.215. The predicted molar refractivity (Wildman–Crippen MR) is 182 cm³/mol. The Hall–Kier alpha value is -3.48. The topological polar surface area (TPSA) is 69.2 Å². The molecule has 0 amide bonds. The summed E-state index contributed by atoms with van der Waals surface area (Å²) in [6.45, 7) is 14.1. The molecule has 0 N–H and O–H groups in total. The van der Waals surface area contributed by atoms with Gasteiger partial charge in [-0.2, -0.15) is 17.5 Å². The fourth-order valence-corrected chi connectivity index (χ4v) is 4.40. The molecule has 0 fully saturated rings. The van der Waals surface area contributed by atoms with Crippen LogP contribution < -0.4 is 15.3 Å². The summed E-state index contributed by atoms with van der Waals surface area (Å²) in [4.78, 5) is 0. The van der Waals surface area contributed by atoms with E-state index in [1.807, 2.05) is 18.2 Å². The molecule has 0 aliphatic carbocycles. The minimum atomic E-state index is -0.970. The van der Waals surface area contributed by atoms with Crippen molar-refractivity contribution in [2.75, 3.05) is 0 Å². The third-order valence-electron chi connectivity index (χ3n) is 5.08. The molecule has 3 nitrogen and oxygen atoms in total. The number of fused-ring (bicyclic) bond motifs is 1. The first kappa shape index (κ1) is 39.5. The van der Waals surface area contributed by atoms with E-state index in [1.165, 1.54) is 47.2 Å². The summed E-state index contributed by atoms with van der Waals surface area (Å²) in [6, 6.07) is 39.6. The Kier molecular flexibility index (Phi) is 20.3. The van der Waals surface area contributed by atoms with Gasteiger partial charge in [-0.25, -0.2) is 0 Å². The van der Waals surface area contributed by atoms with Crippen LogP contribution in [0.25, 0.3) is 10.8 Å². The average Bonchev–Trinajstić information content (AvgIpc) is 3.42. The van der Waals surface area contributed by atoms with E-state index < -0.39 is 16.1 Å². The van der Waals surface area contributed by atoms with E-state index in [2.05, 4.69) is 105 Å². The number of rotatable bonds is 3. The molecule has 0 aliphatic heterocycles. The van der Waals surface area contributed by atoms with Crippen molar-refractivity contribution in [3.05, 3.63) is 157 Å². The van der Waals surface area contributed by atoms with Crippen molar-refractivity contribution < 1.29 is 37.0 Å². The third-order valence-corrected chi connectivity index (χ3v) is 7.47. The molecule has 0 aliphatic rings. The largest absolute Gasteiger partial charge is 4.00 e. The summed E-state index contributed by atoms with van der Waals surface area (Å²) in [6.07, 6.45) is 4.45. The minimum Gasteiger partial charge on any atom is -0.872 e. The zero-order valence-corrected chi connectivity index (χ0v) is 29.8. The van der Waals surface area contributed by atoms with Gasteiger partial charge in [0.05, 0.1) is 16.1 Å². The van der Waals surface area contributed by atoms with Crippen LogP contribution in [0.3, 0.4) is 0 Å². The van der Waals surface area contributed by atoms with Crippen LogP contribution in [0.4, 0.5) is 0 Å². The molecule has 0 bridgehead atoms. The standard InChI is InChI=1S/C10H22Si2.C9H7.3C6H6O.Ti/c1-11(2,3)9-7-8-10-12(4,5)6;1-2-5-9-7-3-6-8(9)4-1;3*7-6-4-2-1-3-5-6;/h7-10H,1-6H3;1-7H;3*1-5,7H;/q;-1;;;;+4/p-3. The second kappa shape index (κ2) is 22.1. The van der Waals surface area contributed by atoms with Gasteiger partial charge in [0.15, 0.2) is 0 Å². The van der Waals surface area contributed by atoms with Crippen molar-refractivity contribution in [2.45, 2.75) is 39.3 Å². The van der Waals surface area contributed by atoms with Gasteiger partial charge in [0.25, 0.3) is 0 Å². The smallest absolute Gasteiger partial charge is 0.872 e. The maximum absolute atomic E-state index is 10.3. The zero-order valence-electron chi connectivity index (χ0n) is 26.2.